The second-order valence-electron chi connectivity index (χ2n) is 7.48. The molecule has 3 rings (SSSR count). The summed E-state index contributed by atoms with van der Waals surface area (Å²) in [5.41, 5.74) is 0.861. The van der Waals surface area contributed by atoms with Crippen LogP contribution < -0.4 is 4.90 Å². The Labute approximate surface area is 187 Å². The molecule has 0 amide bonds. The summed E-state index contributed by atoms with van der Waals surface area (Å²) in [7, 11) is 0. The fourth-order valence-electron chi connectivity index (χ4n) is 4.09. The van der Waals surface area contributed by atoms with Gasteiger partial charge in [0.25, 0.3) is 0 Å². The Morgan fingerprint density at radius 1 is 0.781 bits per heavy atom. The lowest BCUT2D eigenvalue weighted by atomic mass is 9.96. The third kappa shape index (κ3) is 3.86. The SMILES string of the molecule is CCN(CC)C1=CC(=O)/C(=C2\C(=O)C(=O)C(c3ccc(N(CC)CC)cc3O)=C2O)C=C1. The maximum atomic E-state index is 12.8. The van der Waals surface area contributed by atoms with Crippen molar-refractivity contribution in [1.82, 2.24) is 4.90 Å². The van der Waals surface area contributed by atoms with E-state index in [0.29, 0.717) is 18.8 Å². The molecule has 0 saturated heterocycles. The number of anilines is 1. The van der Waals surface area contributed by atoms with Crippen LogP contribution in [0, 0.1) is 0 Å². The monoisotopic (exact) mass is 436 g/mol. The van der Waals surface area contributed by atoms with Gasteiger partial charge in [0, 0.05) is 60.8 Å². The first-order chi connectivity index (χ1) is 15.3. The number of ketones is 3. The van der Waals surface area contributed by atoms with Crippen LogP contribution in [-0.4, -0.2) is 58.6 Å². The van der Waals surface area contributed by atoms with E-state index >= 15 is 0 Å². The molecule has 0 aromatic heterocycles. The van der Waals surface area contributed by atoms with Gasteiger partial charge in [0.2, 0.25) is 11.6 Å². The Morgan fingerprint density at radius 3 is 1.91 bits per heavy atom. The van der Waals surface area contributed by atoms with Crippen molar-refractivity contribution in [3.05, 3.63) is 64.6 Å². The van der Waals surface area contributed by atoms with Crippen molar-refractivity contribution in [2.45, 2.75) is 27.7 Å². The molecule has 0 fully saturated rings. The molecule has 2 aliphatic carbocycles. The first kappa shape index (κ1) is 23.1. The summed E-state index contributed by atoms with van der Waals surface area (Å²) in [6.07, 6.45) is 4.55. The van der Waals surface area contributed by atoms with E-state index in [4.69, 9.17) is 0 Å². The highest BCUT2D eigenvalue weighted by molar-refractivity contribution is 6.63. The molecule has 7 heteroatoms. The number of hydrogen-bond acceptors (Lipinski definition) is 7. The Morgan fingerprint density at radius 2 is 1.38 bits per heavy atom. The molecule has 0 aliphatic heterocycles. The second-order valence-corrected chi connectivity index (χ2v) is 7.48. The van der Waals surface area contributed by atoms with Crippen molar-refractivity contribution in [3.63, 3.8) is 0 Å². The highest BCUT2D eigenvalue weighted by Gasteiger charge is 2.41. The number of rotatable bonds is 7. The molecule has 0 bridgehead atoms. The van der Waals surface area contributed by atoms with Crippen molar-refractivity contribution < 1.29 is 24.6 Å². The molecular formula is C25H28N2O5. The van der Waals surface area contributed by atoms with Crippen molar-refractivity contribution >= 4 is 28.6 Å². The minimum atomic E-state index is -0.961. The van der Waals surface area contributed by atoms with Crippen LogP contribution in [0.4, 0.5) is 5.69 Å². The Balaban J connectivity index is 2.07. The molecule has 2 N–H and O–H groups in total. The number of phenols is 1. The topological polar surface area (TPSA) is 98.2 Å². The van der Waals surface area contributed by atoms with Gasteiger partial charge in [0.15, 0.2) is 5.78 Å². The molecule has 0 unspecified atom stereocenters. The van der Waals surface area contributed by atoms with Gasteiger partial charge in [-0.3, -0.25) is 14.4 Å². The molecule has 7 nitrogen and oxygen atoms in total. The Bertz CT molecular complexity index is 1100. The van der Waals surface area contributed by atoms with E-state index in [-0.39, 0.29) is 28.0 Å². The molecule has 1 aromatic carbocycles. The van der Waals surface area contributed by atoms with Crippen LogP contribution in [0.25, 0.3) is 5.57 Å². The molecule has 0 atom stereocenters. The average molecular weight is 437 g/mol. The summed E-state index contributed by atoms with van der Waals surface area (Å²) in [4.78, 5) is 42.2. The smallest absolute Gasteiger partial charge is 0.238 e. The van der Waals surface area contributed by atoms with Crippen LogP contribution in [0.2, 0.25) is 0 Å². The third-order valence-electron chi connectivity index (χ3n) is 5.88. The van der Waals surface area contributed by atoms with Gasteiger partial charge in [-0.25, -0.2) is 0 Å². The first-order valence-corrected chi connectivity index (χ1v) is 10.8. The van der Waals surface area contributed by atoms with Crippen molar-refractivity contribution in [3.8, 4) is 5.75 Å². The average Bonchev–Trinajstić information content (AvgIpc) is 2.99. The third-order valence-corrected chi connectivity index (χ3v) is 5.88. The van der Waals surface area contributed by atoms with Gasteiger partial charge in [0.1, 0.15) is 11.5 Å². The number of phenolic OH excluding ortho intramolecular Hbond substituents is 1. The van der Waals surface area contributed by atoms with Gasteiger partial charge in [-0.2, -0.15) is 0 Å². The number of carbonyl (C=O) groups excluding carboxylic acids is 3. The summed E-state index contributed by atoms with van der Waals surface area (Å²) >= 11 is 0. The van der Waals surface area contributed by atoms with Crippen LogP contribution >= 0.6 is 0 Å². The summed E-state index contributed by atoms with van der Waals surface area (Å²) in [6, 6.07) is 4.72. The predicted molar refractivity (Wildman–Crippen MR) is 123 cm³/mol. The van der Waals surface area contributed by atoms with Crippen LogP contribution in [-0.2, 0) is 14.4 Å². The van der Waals surface area contributed by atoms with Crippen molar-refractivity contribution in [2.24, 2.45) is 0 Å². The van der Waals surface area contributed by atoms with Crippen LogP contribution in [0.15, 0.2) is 59.0 Å². The quantitative estimate of drug-likeness (QED) is 0.500. The molecule has 168 valence electrons. The summed E-state index contributed by atoms with van der Waals surface area (Å²) < 4.78 is 0. The summed E-state index contributed by atoms with van der Waals surface area (Å²) in [5, 5.41) is 21.4. The zero-order chi connectivity index (χ0) is 23.6. The van der Waals surface area contributed by atoms with E-state index < -0.39 is 23.1 Å². The molecule has 1 aromatic rings. The zero-order valence-corrected chi connectivity index (χ0v) is 18.8. The summed E-state index contributed by atoms with van der Waals surface area (Å²) in [6.45, 7) is 10.8. The summed E-state index contributed by atoms with van der Waals surface area (Å²) in [5.74, 6) is -3.18. The minimum Gasteiger partial charge on any atom is -0.507 e. The minimum absolute atomic E-state index is 0.0361. The standard InChI is InChI=1S/C25H28N2O5/c1-5-26(6-2)15-9-11-17(19(28)13-15)21-23(30)22(25(32)24(21)31)18-12-10-16(14-20(18)29)27(7-3)8-4/h9-14,28,30H,5-8H2,1-4H3/b22-18-. The fraction of sp³-hybridized carbons (Fsp3) is 0.320. The van der Waals surface area contributed by atoms with Gasteiger partial charge in [0.05, 0.1) is 11.1 Å². The lowest BCUT2D eigenvalue weighted by Gasteiger charge is -2.24. The number of likely N-dealkylation sites (N-methyl/N-ethyl adjacent to an activating group) is 1. The van der Waals surface area contributed by atoms with Gasteiger partial charge in [-0.05, 0) is 52.0 Å². The van der Waals surface area contributed by atoms with Crippen LogP contribution in [0.1, 0.15) is 33.3 Å². The molecule has 32 heavy (non-hydrogen) atoms. The zero-order valence-electron chi connectivity index (χ0n) is 18.8. The maximum Gasteiger partial charge on any atom is 0.238 e. The maximum absolute atomic E-state index is 12.8. The highest BCUT2D eigenvalue weighted by atomic mass is 16.3. The number of aromatic hydroxyl groups is 1. The lowest BCUT2D eigenvalue weighted by molar-refractivity contribution is -0.130. The van der Waals surface area contributed by atoms with Crippen LogP contribution in [0.5, 0.6) is 5.75 Å². The molecule has 0 heterocycles. The molecule has 2 aliphatic rings. The lowest BCUT2D eigenvalue weighted by Crippen LogP contribution is -2.24. The van der Waals surface area contributed by atoms with Gasteiger partial charge in [-0.15, -0.1) is 0 Å². The van der Waals surface area contributed by atoms with Crippen molar-refractivity contribution in [2.75, 3.05) is 31.1 Å². The first-order valence-electron chi connectivity index (χ1n) is 10.8. The largest absolute Gasteiger partial charge is 0.507 e. The fourth-order valence-corrected chi connectivity index (χ4v) is 4.09. The molecule has 0 spiro atoms. The van der Waals surface area contributed by atoms with E-state index in [0.717, 1.165) is 18.8 Å². The number of hydrogen-bond donors (Lipinski definition) is 2. The Hall–Kier alpha value is -3.61. The van der Waals surface area contributed by atoms with Gasteiger partial charge >= 0.3 is 0 Å². The second kappa shape index (κ2) is 9.26. The van der Waals surface area contributed by atoms with E-state index in [1.165, 1.54) is 24.3 Å². The van der Waals surface area contributed by atoms with E-state index in [1.807, 2.05) is 37.5 Å². The van der Waals surface area contributed by atoms with E-state index in [2.05, 4.69) is 0 Å². The number of nitrogens with zero attached hydrogens (tertiary/aromatic N) is 2. The molecule has 0 radical (unpaired) electrons. The van der Waals surface area contributed by atoms with Crippen molar-refractivity contribution in [1.29, 1.82) is 0 Å². The number of aliphatic hydroxyl groups is 1. The number of allylic oxidation sites excluding steroid dienone is 6. The number of aliphatic hydroxyl groups excluding tert-OH is 1. The number of carbonyl (C=O) groups is 3. The number of benzene rings is 1. The molecular weight excluding hydrogens is 408 g/mol. The normalized spacial score (nSPS) is 18.5. The predicted octanol–water partition coefficient (Wildman–Crippen LogP) is 3.32. The molecule has 0 saturated carbocycles. The van der Waals surface area contributed by atoms with Gasteiger partial charge in [-0.1, -0.05) is 0 Å². The number of Topliss-reactive ketones (excluding diaryl/α,β-unsaturated/α-hetero) is 2. The van der Waals surface area contributed by atoms with E-state index in [1.54, 1.807) is 12.1 Å². The highest BCUT2D eigenvalue weighted by Crippen LogP contribution is 2.39. The van der Waals surface area contributed by atoms with E-state index in [9.17, 15) is 24.6 Å². The van der Waals surface area contributed by atoms with Gasteiger partial charge < -0.3 is 20.0 Å². The Kier molecular flexibility index (Phi) is 6.67. The van der Waals surface area contributed by atoms with Crippen LogP contribution in [0.3, 0.4) is 0 Å².